The van der Waals surface area contributed by atoms with Gasteiger partial charge in [0, 0.05) is 18.8 Å². The van der Waals surface area contributed by atoms with E-state index in [0.717, 1.165) is 34.1 Å². The first-order chi connectivity index (χ1) is 16.5. The van der Waals surface area contributed by atoms with Crippen molar-refractivity contribution in [2.45, 2.75) is 30.5 Å². The number of fused-ring (bicyclic) bond motifs is 1. The molecule has 3 aromatic carbocycles. The molecule has 0 fully saturated rings. The molecule has 0 radical (unpaired) electrons. The highest BCUT2D eigenvalue weighted by Gasteiger charge is 2.33. The maximum absolute atomic E-state index is 14.1. The Bertz CT molecular complexity index is 1370. The van der Waals surface area contributed by atoms with Crippen LogP contribution >= 0.6 is 11.6 Å². The molecule has 1 aliphatic heterocycles. The van der Waals surface area contributed by atoms with Crippen LogP contribution in [0.1, 0.15) is 33.5 Å². The summed E-state index contributed by atoms with van der Waals surface area (Å²) in [5, 5.41) is 2.50. The Morgan fingerprint density at radius 2 is 1.74 bits per heavy atom. The summed E-state index contributed by atoms with van der Waals surface area (Å²) in [4.78, 5) is 12.1. The van der Waals surface area contributed by atoms with E-state index < -0.39 is 38.4 Å². The third-order valence-electron chi connectivity index (χ3n) is 5.65. The van der Waals surface area contributed by atoms with Gasteiger partial charge in [-0.3, -0.25) is 4.79 Å². The molecule has 35 heavy (non-hydrogen) atoms. The Labute approximate surface area is 204 Å². The Morgan fingerprint density at radius 3 is 2.46 bits per heavy atom. The highest BCUT2D eigenvalue weighted by Crippen LogP contribution is 2.32. The molecule has 1 heterocycles. The molecule has 0 spiro atoms. The fraction of sp³-hybridized carbons (Fsp3) is 0.208. The lowest BCUT2D eigenvalue weighted by atomic mass is 10.0. The van der Waals surface area contributed by atoms with E-state index in [0.29, 0.717) is 30.2 Å². The molecule has 0 aromatic heterocycles. The minimum atomic E-state index is -4.68. The number of amides is 1. The van der Waals surface area contributed by atoms with Crippen molar-refractivity contribution in [1.82, 2.24) is 4.31 Å². The van der Waals surface area contributed by atoms with Gasteiger partial charge in [-0.1, -0.05) is 29.8 Å². The quantitative estimate of drug-likeness (QED) is 0.431. The maximum Gasteiger partial charge on any atom is 0.416 e. The van der Waals surface area contributed by atoms with Gasteiger partial charge < -0.3 is 5.32 Å². The molecular weight excluding hydrogens is 508 g/mol. The average Bonchev–Trinajstić information content (AvgIpc) is 3.01. The van der Waals surface area contributed by atoms with Gasteiger partial charge in [0.15, 0.2) is 0 Å². The summed E-state index contributed by atoms with van der Waals surface area (Å²) in [6.45, 7) is 0.0118. The third kappa shape index (κ3) is 5.34. The summed E-state index contributed by atoms with van der Waals surface area (Å²) >= 11 is 5.95. The largest absolute Gasteiger partial charge is 0.416 e. The number of aryl methyl sites for hydroxylation is 1. The predicted octanol–water partition coefficient (Wildman–Crippen LogP) is 5.89. The van der Waals surface area contributed by atoms with Crippen molar-refractivity contribution >= 4 is 33.2 Å². The van der Waals surface area contributed by atoms with Gasteiger partial charge in [0.25, 0.3) is 5.91 Å². The number of sulfonamides is 1. The van der Waals surface area contributed by atoms with E-state index >= 15 is 0 Å². The number of carbonyl (C=O) groups excluding carboxylic acids is 1. The van der Waals surface area contributed by atoms with Gasteiger partial charge in [-0.05, 0) is 66.4 Å². The highest BCUT2D eigenvalue weighted by atomic mass is 35.5. The van der Waals surface area contributed by atoms with Crippen molar-refractivity contribution in [3.05, 3.63) is 93.8 Å². The molecule has 0 saturated carbocycles. The molecule has 0 unspecified atom stereocenters. The molecule has 0 bridgehead atoms. The normalized spacial score (nSPS) is 14.8. The first-order valence-electron chi connectivity index (χ1n) is 10.5. The van der Waals surface area contributed by atoms with Crippen LogP contribution in [0.4, 0.5) is 23.2 Å². The first-order valence-corrected chi connectivity index (χ1v) is 12.3. The van der Waals surface area contributed by atoms with Crippen LogP contribution in [-0.2, 0) is 29.2 Å². The van der Waals surface area contributed by atoms with Gasteiger partial charge in [0.2, 0.25) is 10.0 Å². The van der Waals surface area contributed by atoms with E-state index in [4.69, 9.17) is 11.6 Å². The minimum absolute atomic E-state index is 0.0596. The van der Waals surface area contributed by atoms with E-state index in [2.05, 4.69) is 5.32 Å². The second-order valence-corrected chi connectivity index (χ2v) is 10.3. The van der Waals surface area contributed by atoms with Gasteiger partial charge in [0.05, 0.1) is 21.0 Å². The van der Waals surface area contributed by atoms with Crippen LogP contribution in [0.15, 0.2) is 65.6 Å². The monoisotopic (exact) mass is 526 g/mol. The summed E-state index contributed by atoms with van der Waals surface area (Å²) in [5.74, 6) is -1.56. The number of rotatable bonds is 4. The standard InChI is InChI=1S/C24H19ClF4N2O3S/c25-20-7-2-8-21(26)22(20)23(32)30-18-10-9-15-4-3-11-31(14-16(15)12-18)35(33,34)19-6-1-5-17(13-19)24(27,28)29/h1-2,5-10,12-13H,3-4,11,14H2,(H,30,32). The van der Waals surface area contributed by atoms with Gasteiger partial charge in [-0.2, -0.15) is 17.5 Å². The van der Waals surface area contributed by atoms with Crippen LogP contribution < -0.4 is 5.32 Å². The molecule has 0 aliphatic carbocycles. The topological polar surface area (TPSA) is 66.5 Å². The number of benzene rings is 3. The Kier molecular flexibility index (Phi) is 6.90. The van der Waals surface area contributed by atoms with Crippen LogP contribution in [0.25, 0.3) is 0 Å². The van der Waals surface area contributed by atoms with E-state index in [1.807, 2.05) is 0 Å². The summed E-state index contributed by atoms with van der Waals surface area (Å²) in [5.41, 5.74) is 0.346. The molecule has 0 saturated heterocycles. The predicted molar refractivity (Wildman–Crippen MR) is 123 cm³/mol. The van der Waals surface area contributed by atoms with E-state index in [1.54, 1.807) is 18.2 Å². The zero-order valence-electron chi connectivity index (χ0n) is 18.1. The Hall–Kier alpha value is -2.95. The molecule has 1 aliphatic rings. The molecule has 3 aromatic rings. The molecule has 11 heteroatoms. The molecule has 184 valence electrons. The summed E-state index contributed by atoms with van der Waals surface area (Å²) in [7, 11) is -4.22. The van der Waals surface area contributed by atoms with Gasteiger partial charge in [-0.15, -0.1) is 0 Å². The number of nitrogens with one attached hydrogen (secondary N) is 1. The number of anilines is 1. The zero-order valence-corrected chi connectivity index (χ0v) is 19.6. The molecule has 5 nitrogen and oxygen atoms in total. The first kappa shape index (κ1) is 25.2. The summed E-state index contributed by atoms with van der Waals surface area (Å²) < 4.78 is 80.9. The number of carbonyl (C=O) groups is 1. The zero-order chi connectivity index (χ0) is 25.4. The Morgan fingerprint density at radius 1 is 1.00 bits per heavy atom. The van der Waals surface area contributed by atoms with Crippen molar-refractivity contribution in [1.29, 1.82) is 0 Å². The van der Waals surface area contributed by atoms with Crippen LogP contribution in [0.2, 0.25) is 5.02 Å². The van der Waals surface area contributed by atoms with Crippen LogP contribution in [0.3, 0.4) is 0 Å². The SMILES string of the molecule is O=C(Nc1ccc2c(c1)CN(S(=O)(=O)c1cccc(C(F)(F)F)c1)CCC2)c1c(F)cccc1Cl. The fourth-order valence-electron chi connectivity index (χ4n) is 3.91. The lowest BCUT2D eigenvalue weighted by Crippen LogP contribution is -2.31. The summed E-state index contributed by atoms with van der Waals surface area (Å²) in [6, 6.07) is 12.4. The number of halogens is 5. The molecular formula is C24H19ClF4N2O3S. The second-order valence-electron chi connectivity index (χ2n) is 8.00. The lowest BCUT2D eigenvalue weighted by molar-refractivity contribution is -0.137. The maximum atomic E-state index is 14.1. The molecule has 0 atom stereocenters. The van der Waals surface area contributed by atoms with Crippen molar-refractivity contribution < 1.29 is 30.8 Å². The number of alkyl halides is 3. The van der Waals surface area contributed by atoms with E-state index in [9.17, 15) is 30.8 Å². The van der Waals surface area contributed by atoms with Gasteiger partial charge in [0.1, 0.15) is 5.82 Å². The number of nitrogens with zero attached hydrogens (tertiary/aromatic N) is 1. The van der Waals surface area contributed by atoms with E-state index in [-0.39, 0.29) is 23.7 Å². The van der Waals surface area contributed by atoms with Crippen molar-refractivity contribution in [2.75, 3.05) is 11.9 Å². The van der Waals surface area contributed by atoms with Crippen LogP contribution in [0.5, 0.6) is 0 Å². The lowest BCUT2D eigenvalue weighted by Gasteiger charge is -2.21. The van der Waals surface area contributed by atoms with Crippen LogP contribution in [0, 0.1) is 5.82 Å². The number of hydrogen-bond acceptors (Lipinski definition) is 3. The summed E-state index contributed by atoms with van der Waals surface area (Å²) in [6.07, 6.45) is -3.68. The number of hydrogen-bond donors (Lipinski definition) is 1. The minimum Gasteiger partial charge on any atom is -0.322 e. The van der Waals surface area contributed by atoms with Gasteiger partial charge in [-0.25, -0.2) is 12.8 Å². The average molecular weight is 527 g/mol. The smallest absolute Gasteiger partial charge is 0.322 e. The highest BCUT2D eigenvalue weighted by molar-refractivity contribution is 7.89. The molecule has 1 amide bonds. The van der Waals surface area contributed by atoms with E-state index in [1.165, 1.54) is 12.1 Å². The van der Waals surface area contributed by atoms with Crippen molar-refractivity contribution in [3.63, 3.8) is 0 Å². The van der Waals surface area contributed by atoms with Crippen molar-refractivity contribution in [2.24, 2.45) is 0 Å². The van der Waals surface area contributed by atoms with Gasteiger partial charge >= 0.3 is 6.18 Å². The molecule has 1 N–H and O–H groups in total. The fourth-order valence-corrected chi connectivity index (χ4v) is 5.66. The third-order valence-corrected chi connectivity index (χ3v) is 7.81. The second kappa shape index (κ2) is 9.60. The van der Waals surface area contributed by atoms with Crippen molar-refractivity contribution in [3.8, 4) is 0 Å². The molecule has 4 rings (SSSR count). The van der Waals surface area contributed by atoms with Crippen LogP contribution in [-0.4, -0.2) is 25.2 Å². The Balaban J connectivity index is 1.61.